The summed E-state index contributed by atoms with van der Waals surface area (Å²) < 4.78 is 5.55. The van der Waals surface area contributed by atoms with Crippen LogP contribution in [-0.4, -0.2) is 30.8 Å². The van der Waals surface area contributed by atoms with Gasteiger partial charge in [-0.15, -0.1) is 11.3 Å². The van der Waals surface area contributed by atoms with Crippen LogP contribution in [0.2, 0.25) is 0 Å². The maximum absolute atomic E-state index is 5.55. The van der Waals surface area contributed by atoms with Crippen molar-refractivity contribution in [3.8, 4) is 0 Å². The van der Waals surface area contributed by atoms with Crippen molar-refractivity contribution in [2.24, 2.45) is 0 Å². The van der Waals surface area contributed by atoms with Crippen LogP contribution in [0.25, 0.3) is 0 Å². The topological polar surface area (TPSA) is 34.2 Å². The zero-order valence-electron chi connectivity index (χ0n) is 12.6. The summed E-state index contributed by atoms with van der Waals surface area (Å²) in [5.41, 5.74) is 1.11. The van der Waals surface area contributed by atoms with Gasteiger partial charge in [0.1, 0.15) is 0 Å². The number of aromatic nitrogens is 1. The molecule has 3 nitrogen and oxygen atoms in total. The van der Waals surface area contributed by atoms with Crippen LogP contribution in [0.5, 0.6) is 0 Å². The lowest BCUT2D eigenvalue weighted by molar-refractivity contribution is -0.00799. The molecule has 0 amide bonds. The summed E-state index contributed by atoms with van der Waals surface area (Å²) in [6, 6.07) is 0.265. The maximum Gasteiger partial charge on any atom is 0.0945 e. The number of hydrogen-bond donors (Lipinski definition) is 1. The van der Waals surface area contributed by atoms with Crippen LogP contribution in [0.1, 0.15) is 45.3 Å². The third kappa shape index (κ3) is 3.77. The Bertz CT molecular complexity index is 379. The molecule has 4 heteroatoms. The molecule has 0 saturated heterocycles. The van der Waals surface area contributed by atoms with E-state index >= 15 is 0 Å². The Kier molecular flexibility index (Phi) is 4.92. The molecule has 0 fully saturated rings. The summed E-state index contributed by atoms with van der Waals surface area (Å²) in [4.78, 5) is 4.74. The van der Waals surface area contributed by atoms with Gasteiger partial charge in [-0.2, -0.15) is 0 Å². The minimum atomic E-state index is -0.192. The fourth-order valence-electron chi connectivity index (χ4n) is 1.76. The first-order chi connectivity index (χ1) is 8.20. The first-order valence-electron chi connectivity index (χ1n) is 6.38. The number of thiazole rings is 1. The molecule has 0 saturated carbocycles. The van der Waals surface area contributed by atoms with Gasteiger partial charge in [-0.1, -0.05) is 20.8 Å². The molecule has 0 spiro atoms. The van der Waals surface area contributed by atoms with Gasteiger partial charge in [-0.25, -0.2) is 4.98 Å². The van der Waals surface area contributed by atoms with Gasteiger partial charge >= 0.3 is 0 Å². The van der Waals surface area contributed by atoms with Gasteiger partial charge in [0.2, 0.25) is 0 Å². The molecule has 0 aliphatic rings. The molecule has 0 aliphatic carbocycles. The van der Waals surface area contributed by atoms with E-state index in [1.54, 1.807) is 18.4 Å². The lowest BCUT2D eigenvalue weighted by atomic mass is 9.93. The van der Waals surface area contributed by atoms with Gasteiger partial charge in [0.05, 0.1) is 16.3 Å². The van der Waals surface area contributed by atoms with E-state index in [1.165, 1.54) is 10.7 Å². The van der Waals surface area contributed by atoms with E-state index in [0.717, 1.165) is 6.42 Å². The lowest BCUT2D eigenvalue weighted by Gasteiger charge is -2.32. The number of nitrogens with zero attached hydrogens (tertiary/aromatic N) is 1. The zero-order valence-corrected chi connectivity index (χ0v) is 13.4. The number of hydrogen-bond acceptors (Lipinski definition) is 4. The zero-order chi connectivity index (χ0) is 14.0. The first kappa shape index (κ1) is 15.6. The van der Waals surface area contributed by atoms with Crippen molar-refractivity contribution in [3.63, 3.8) is 0 Å². The van der Waals surface area contributed by atoms with Gasteiger partial charge in [-0.05, 0) is 20.9 Å². The third-order valence-corrected chi connectivity index (χ3v) is 4.28. The Morgan fingerprint density at radius 3 is 2.33 bits per heavy atom. The molecule has 1 unspecified atom stereocenters. The largest absolute Gasteiger partial charge is 0.377 e. The molecule has 104 valence electrons. The Balaban J connectivity index is 2.81. The molecule has 1 heterocycles. The molecule has 1 rings (SSSR count). The molecule has 1 aromatic heterocycles. The maximum atomic E-state index is 5.55. The highest BCUT2D eigenvalue weighted by Crippen LogP contribution is 2.26. The molecule has 1 N–H and O–H groups in total. The van der Waals surface area contributed by atoms with Crippen molar-refractivity contribution >= 4 is 11.3 Å². The minimum absolute atomic E-state index is 0.126. The van der Waals surface area contributed by atoms with Gasteiger partial charge < -0.3 is 10.1 Å². The highest BCUT2D eigenvalue weighted by Gasteiger charge is 2.29. The molecule has 0 aromatic carbocycles. The van der Waals surface area contributed by atoms with E-state index in [4.69, 9.17) is 9.72 Å². The quantitative estimate of drug-likeness (QED) is 0.893. The fourth-order valence-corrected chi connectivity index (χ4v) is 2.83. The van der Waals surface area contributed by atoms with E-state index in [9.17, 15) is 0 Å². The van der Waals surface area contributed by atoms with Gasteiger partial charge in [0, 0.05) is 30.4 Å². The predicted octanol–water partition coefficient (Wildman–Crippen LogP) is 3.00. The molecule has 1 aromatic rings. The summed E-state index contributed by atoms with van der Waals surface area (Å²) in [6.07, 6.45) is 0.901. The third-order valence-electron chi connectivity index (χ3n) is 3.41. The summed E-state index contributed by atoms with van der Waals surface area (Å²) in [6.45, 7) is 10.8. The lowest BCUT2D eigenvalue weighted by Crippen LogP contribution is -2.48. The second-order valence-electron chi connectivity index (χ2n) is 6.23. The fraction of sp³-hybridized carbons (Fsp3) is 0.786. The molecule has 0 aliphatic heterocycles. The number of ether oxygens (including phenoxy) is 1. The molecule has 0 bridgehead atoms. The van der Waals surface area contributed by atoms with Crippen LogP contribution in [0.15, 0.2) is 5.38 Å². The Morgan fingerprint density at radius 1 is 1.33 bits per heavy atom. The van der Waals surface area contributed by atoms with Crippen molar-refractivity contribution in [1.82, 2.24) is 10.3 Å². The van der Waals surface area contributed by atoms with Crippen molar-refractivity contribution < 1.29 is 4.74 Å². The van der Waals surface area contributed by atoms with Gasteiger partial charge in [0.15, 0.2) is 0 Å². The number of rotatable bonds is 5. The van der Waals surface area contributed by atoms with Gasteiger partial charge in [0.25, 0.3) is 0 Å². The van der Waals surface area contributed by atoms with Crippen molar-refractivity contribution in [3.05, 3.63) is 16.1 Å². The minimum Gasteiger partial charge on any atom is -0.377 e. The summed E-state index contributed by atoms with van der Waals surface area (Å²) >= 11 is 1.74. The highest BCUT2D eigenvalue weighted by molar-refractivity contribution is 7.09. The van der Waals surface area contributed by atoms with E-state index in [1.807, 2.05) is 7.05 Å². The van der Waals surface area contributed by atoms with Gasteiger partial charge in [-0.3, -0.25) is 0 Å². The molecular formula is C14H26N2OS. The second kappa shape index (κ2) is 5.68. The molecule has 18 heavy (non-hydrogen) atoms. The van der Waals surface area contributed by atoms with Crippen molar-refractivity contribution in [1.29, 1.82) is 0 Å². The van der Waals surface area contributed by atoms with Crippen LogP contribution in [0.4, 0.5) is 0 Å². The van der Waals surface area contributed by atoms with E-state index in [0.29, 0.717) is 0 Å². The smallest absolute Gasteiger partial charge is 0.0945 e. The summed E-state index contributed by atoms with van der Waals surface area (Å²) in [5.74, 6) is 0. The van der Waals surface area contributed by atoms with E-state index < -0.39 is 0 Å². The molecule has 1 atom stereocenters. The molecular weight excluding hydrogens is 244 g/mol. The van der Waals surface area contributed by atoms with Crippen LogP contribution in [0, 0.1) is 0 Å². The predicted molar refractivity (Wildman–Crippen MR) is 78.5 cm³/mol. The van der Waals surface area contributed by atoms with Crippen LogP contribution >= 0.6 is 11.3 Å². The van der Waals surface area contributed by atoms with Crippen molar-refractivity contribution in [2.75, 3.05) is 14.2 Å². The number of likely N-dealkylation sites (N-methyl/N-ethyl adjacent to an activating group) is 1. The average molecular weight is 270 g/mol. The summed E-state index contributed by atoms with van der Waals surface area (Å²) in [7, 11) is 3.73. The Labute approximate surface area is 115 Å². The monoisotopic (exact) mass is 270 g/mol. The second-order valence-corrected chi connectivity index (χ2v) is 7.17. The highest BCUT2D eigenvalue weighted by atomic mass is 32.1. The normalized spacial score (nSPS) is 14.8. The summed E-state index contributed by atoms with van der Waals surface area (Å²) in [5, 5.41) is 6.67. The Morgan fingerprint density at radius 2 is 1.94 bits per heavy atom. The standard InChI is InChI=1S/C14H26N2OS/c1-13(2,3)11-9-18-12(16-11)8-10(15-6)14(4,5)17-7/h9-10,15H,8H2,1-7H3. The van der Waals surface area contributed by atoms with Crippen LogP contribution in [-0.2, 0) is 16.6 Å². The number of methoxy groups -OCH3 is 1. The van der Waals surface area contributed by atoms with Crippen LogP contribution < -0.4 is 5.32 Å². The Hall–Kier alpha value is -0.450. The van der Waals surface area contributed by atoms with Crippen molar-refractivity contribution in [2.45, 2.75) is 58.1 Å². The van der Waals surface area contributed by atoms with Crippen LogP contribution in [0.3, 0.4) is 0 Å². The first-order valence-corrected chi connectivity index (χ1v) is 7.26. The number of nitrogens with one attached hydrogen (secondary N) is 1. The molecule has 0 radical (unpaired) electrons. The van der Waals surface area contributed by atoms with E-state index in [2.05, 4.69) is 45.3 Å². The SMILES string of the molecule is CNC(Cc1nc(C(C)(C)C)cs1)C(C)(C)OC. The average Bonchev–Trinajstić information content (AvgIpc) is 2.73. The van der Waals surface area contributed by atoms with E-state index in [-0.39, 0.29) is 17.1 Å².